The van der Waals surface area contributed by atoms with E-state index in [-0.39, 0.29) is 0 Å². The lowest BCUT2D eigenvalue weighted by Gasteiger charge is -2.30. The van der Waals surface area contributed by atoms with E-state index < -0.39 is 0 Å². The molecule has 4 nitrogen and oxygen atoms in total. The van der Waals surface area contributed by atoms with Gasteiger partial charge in [-0.2, -0.15) is 5.10 Å². The summed E-state index contributed by atoms with van der Waals surface area (Å²) >= 11 is 0. The summed E-state index contributed by atoms with van der Waals surface area (Å²) in [5.74, 6) is 0.894. The van der Waals surface area contributed by atoms with Gasteiger partial charge in [-0.3, -0.25) is 9.67 Å². The molecule has 0 aliphatic heterocycles. The summed E-state index contributed by atoms with van der Waals surface area (Å²) < 4.78 is 1.86. The Labute approximate surface area is 123 Å². The lowest BCUT2D eigenvalue weighted by Crippen LogP contribution is -2.15. The Bertz CT molecular complexity index is 863. The molecule has 0 amide bonds. The first kappa shape index (κ1) is 12.5. The van der Waals surface area contributed by atoms with Crippen LogP contribution in [-0.2, 0) is 7.05 Å². The third-order valence-corrected chi connectivity index (χ3v) is 4.86. The topological polar surface area (TPSA) is 43.6 Å². The van der Waals surface area contributed by atoms with Crippen LogP contribution in [0.3, 0.4) is 0 Å². The van der Waals surface area contributed by atoms with Crippen molar-refractivity contribution in [3.05, 3.63) is 41.3 Å². The van der Waals surface area contributed by atoms with Crippen molar-refractivity contribution in [2.75, 3.05) is 0 Å². The van der Waals surface area contributed by atoms with Gasteiger partial charge in [-0.05, 0) is 36.0 Å². The smallest absolute Gasteiger partial charge is 0.158 e. The molecular formula is C17H18N4. The van der Waals surface area contributed by atoms with Gasteiger partial charge in [-0.15, -0.1) is 0 Å². The van der Waals surface area contributed by atoms with E-state index in [4.69, 9.17) is 0 Å². The van der Waals surface area contributed by atoms with Crippen LogP contribution in [0.1, 0.15) is 42.5 Å². The molecule has 0 radical (unpaired) electrons. The fraction of sp³-hybridized carbons (Fsp3) is 0.353. The lowest BCUT2D eigenvalue weighted by molar-refractivity contribution is 0.612. The number of rotatable bonds is 0. The van der Waals surface area contributed by atoms with Crippen LogP contribution in [0, 0.1) is 6.92 Å². The predicted octanol–water partition coefficient (Wildman–Crippen LogP) is 3.56. The maximum atomic E-state index is 4.68. The largest absolute Gasteiger partial charge is 0.256 e. The van der Waals surface area contributed by atoms with E-state index in [1.165, 1.54) is 16.7 Å². The first-order valence-corrected chi connectivity index (χ1v) is 7.37. The minimum Gasteiger partial charge on any atom is -0.256 e. The molecule has 106 valence electrons. The molecule has 3 heterocycles. The molecule has 0 saturated carbocycles. The molecule has 2 atom stereocenters. The maximum absolute atomic E-state index is 4.68. The molecule has 3 aromatic rings. The Morgan fingerprint density at radius 1 is 1.10 bits per heavy atom. The van der Waals surface area contributed by atoms with E-state index in [0.29, 0.717) is 11.8 Å². The first-order chi connectivity index (χ1) is 10.1. The summed E-state index contributed by atoms with van der Waals surface area (Å²) in [6.45, 7) is 6.60. The summed E-state index contributed by atoms with van der Waals surface area (Å²) in [6, 6.07) is 4.23. The van der Waals surface area contributed by atoms with Gasteiger partial charge in [-0.1, -0.05) is 19.9 Å². The van der Waals surface area contributed by atoms with E-state index >= 15 is 0 Å². The molecule has 4 heteroatoms. The molecule has 1 aliphatic rings. The van der Waals surface area contributed by atoms with Crippen LogP contribution in [0.15, 0.2) is 24.5 Å². The van der Waals surface area contributed by atoms with Gasteiger partial charge in [0.2, 0.25) is 0 Å². The minimum absolute atomic E-state index is 0.438. The molecule has 0 N–H and O–H groups in total. The maximum Gasteiger partial charge on any atom is 0.158 e. The highest BCUT2D eigenvalue weighted by Crippen LogP contribution is 2.47. The van der Waals surface area contributed by atoms with E-state index in [9.17, 15) is 0 Å². The third kappa shape index (κ3) is 1.53. The number of fused-ring (bicyclic) bond motifs is 5. The highest BCUT2D eigenvalue weighted by Gasteiger charge is 2.31. The van der Waals surface area contributed by atoms with Gasteiger partial charge in [0.1, 0.15) is 0 Å². The molecule has 21 heavy (non-hydrogen) atoms. The highest BCUT2D eigenvalue weighted by atomic mass is 15.3. The molecule has 0 saturated heterocycles. The van der Waals surface area contributed by atoms with E-state index in [2.05, 4.69) is 41.9 Å². The van der Waals surface area contributed by atoms with Crippen molar-refractivity contribution in [2.24, 2.45) is 7.05 Å². The molecule has 3 aromatic heterocycles. The number of hydrogen-bond donors (Lipinski definition) is 0. The Hall–Kier alpha value is -2.23. The molecule has 4 rings (SSSR count). The van der Waals surface area contributed by atoms with E-state index in [1.807, 2.05) is 30.2 Å². The van der Waals surface area contributed by atoms with Gasteiger partial charge in [0.25, 0.3) is 0 Å². The molecule has 2 unspecified atom stereocenters. The van der Waals surface area contributed by atoms with E-state index in [0.717, 1.165) is 22.4 Å². The van der Waals surface area contributed by atoms with Crippen LogP contribution in [0.25, 0.3) is 22.3 Å². The van der Waals surface area contributed by atoms with Crippen molar-refractivity contribution in [1.82, 2.24) is 19.7 Å². The third-order valence-electron chi connectivity index (χ3n) is 4.86. The Kier molecular flexibility index (Phi) is 2.46. The normalized spacial score (nSPS) is 20.4. The van der Waals surface area contributed by atoms with Crippen LogP contribution in [-0.4, -0.2) is 19.7 Å². The fourth-order valence-electron chi connectivity index (χ4n) is 3.56. The van der Waals surface area contributed by atoms with Crippen molar-refractivity contribution in [3.63, 3.8) is 0 Å². The van der Waals surface area contributed by atoms with Gasteiger partial charge in [-0.25, -0.2) is 4.98 Å². The molecule has 1 aliphatic carbocycles. The van der Waals surface area contributed by atoms with Gasteiger partial charge in [0.05, 0.1) is 16.8 Å². The molecule has 0 aromatic carbocycles. The average Bonchev–Trinajstić information content (AvgIpc) is 2.79. The van der Waals surface area contributed by atoms with Crippen molar-refractivity contribution < 1.29 is 0 Å². The number of aromatic nitrogens is 4. The molecular weight excluding hydrogens is 260 g/mol. The SMILES string of the molecule is Cc1nn(C)c2ncc3c(c12)-c1ncccc1C(C)C3C. The first-order valence-electron chi connectivity index (χ1n) is 7.37. The van der Waals surface area contributed by atoms with Crippen LogP contribution in [0.2, 0.25) is 0 Å². The summed E-state index contributed by atoms with van der Waals surface area (Å²) in [5, 5.41) is 5.69. The van der Waals surface area contributed by atoms with Crippen LogP contribution in [0.4, 0.5) is 0 Å². The van der Waals surface area contributed by atoms with Crippen LogP contribution >= 0.6 is 0 Å². The number of nitrogens with zero attached hydrogens (tertiary/aromatic N) is 4. The van der Waals surface area contributed by atoms with Crippen molar-refractivity contribution in [1.29, 1.82) is 0 Å². The van der Waals surface area contributed by atoms with Gasteiger partial charge in [0.15, 0.2) is 5.65 Å². The zero-order valence-electron chi connectivity index (χ0n) is 12.8. The van der Waals surface area contributed by atoms with E-state index in [1.54, 1.807) is 0 Å². The van der Waals surface area contributed by atoms with Gasteiger partial charge >= 0.3 is 0 Å². The minimum atomic E-state index is 0.438. The highest BCUT2D eigenvalue weighted by molar-refractivity contribution is 5.97. The van der Waals surface area contributed by atoms with Crippen molar-refractivity contribution in [2.45, 2.75) is 32.6 Å². The van der Waals surface area contributed by atoms with Crippen LogP contribution in [0.5, 0.6) is 0 Å². The lowest BCUT2D eigenvalue weighted by atomic mass is 9.75. The number of hydrogen-bond acceptors (Lipinski definition) is 3. The second-order valence-electron chi connectivity index (χ2n) is 6.01. The zero-order chi connectivity index (χ0) is 14.7. The summed E-state index contributed by atoms with van der Waals surface area (Å²) in [7, 11) is 1.95. The zero-order valence-corrected chi connectivity index (χ0v) is 12.8. The second-order valence-corrected chi connectivity index (χ2v) is 6.01. The molecule has 0 spiro atoms. The Morgan fingerprint density at radius 3 is 2.67 bits per heavy atom. The van der Waals surface area contributed by atoms with Crippen molar-refractivity contribution >= 4 is 11.0 Å². The van der Waals surface area contributed by atoms with Crippen molar-refractivity contribution in [3.8, 4) is 11.3 Å². The fourth-order valence-corrected chi connectivity index (χ4v) is 3.56. The monoisotopic (exact) mass is 278 g/mol. The molecule has 0 bridgehead atoms. The van der Waals surface area contributed by atoms with Crippen LogP contribution < -0.4 is 0 Å². The average molecular weight is 278 g/mol. The Morgan fingerprint density at radius 2 is 1.86 bits per heavy atom. The molecule has 0 fully saturated rings. The second kappa shape index (κ2) is 4.13. The number of pyridine rings is 2. The van der Waals surface area contributed by atoms with Gasteiger partial charge in [0, 0.05) is 25.0 Å². The summed E-state index contributed by atoms with van der Waals surface area (Å²) in [4.78, 5) is 9.33. The quantitative estimate of drug-likeness (QED) is 0.631. The number of aryl methyl sites for hydroxylation is 2. The predicted molar refractivity (Wildman–Crippen MR) is 83.3 cm³/mol. The standard InChI is InChI=1S/C17H18N4/c1-9-10(2)13-8-19-17-14(11(3)20-21(17)4)15(13)16-12(9)6-5-7-18-16/h5-10H,1-4H3. The summed E-state index contributed by atoms with van der Waals surface area (Å²) in [6.07, 6.45) is 3.89. The Balaban J connectivity index is 2.20. The van der Waals surface area contributed by atoms with Gasteiger partial charge < -0.3 is 0 Å². The summed E-state index contributed by atoms with van der Waals surface area (Å²) in [5.41, 5.74) is 6.90.